The molecule has 0 spiro atoms. The van der Waals surface area contributed by atoms with Crippen molar-refractivity contribution in [1.29, 1.82) is 0 Å². The number of likely N-dealkylation sites (N-methyl/N-ethyl adjacent to an activating group) is 1. The number of aromatic nitrogens is 2. The lowest BCUT2D eigenvalue weighted by Gasteiger charge is -2.09. The summed E-state index contributed by atoms with van der Waals surface area (Å²) < 4.78 is 6.32. The van der Waals surface area contributed by atoms with Gasteiger partial charge in [-0.25, -0.2) is 0 Å². The molecule has 0 aliphatic carbocycles. The highest BCUT2D eigenvalue weighted by Crippen LogP contribution is 2.29. The van der Waals surface area contributed by atoms with E-state index in [4.69, 9.17) is 4.52 Å². The van der Waals surface area contributed by atoms with Crippen molar-refractivity contribution in [1.82, 2.24) is 15.5 Å². The molecule has 2 heterocycles. The summed E-state index contributed by atoms with van der Waals surface area (Å²) in [6.45, 7) is 2.13. The summed E-state index contributed by atoms with van der Waals surface area (Å²) in [6.07, 6.45) is 1.81. The number of hydrogen-bond acceptors (Lipinski definition) is 5. The van der Waals surface area contributed by atoms with Gasteiger partial charge in [0, 0.05) is 12.5 Å². The van der Waals surface area contributed by atoms with Crippen molar-refractivity contribution in [2.75, 3.05) is 7.05 Å². The molecular formula is C11H14BrN3OS. The van der Waals surface area contributed by atoms with Crippen LogP contribution < -0.4 is 5.32 Å². The molecule has 92 valence electrons. The van der Waals surface area contributed by atoms with Crippen LogP contribution in [0.1, 0.15) is 19.2 Å². The Morgan fingerprint density at radius 2 is 2.35 bits per heavy atom. The Morgan fingerprint density at radius 3 is 2.94 bits per heavy atom. The van der Waals surface area contributed by atoms with Gasteiger partial charge in [0.1, 0.15) is 0 Å². The largest absolute Gasteiger partial charge is 0.339 e. The van der Waals surface area contributed by atoms with Gasteiger partial charge in [-0.1, -0.05) is 12.1 Å². The van der Waals surface area contributed by atoms with E-state index in [0.717, 1.165) is 21.5 Å². The van der Waals surface area contributed by atoms with Gasteiger partial charge in [0.05, 0.1) is 8.66 Å². The molecule has 0 aromatic carbocycles. The van der Waals surface area contributed by atoms with E-state index in [0.29, 0.717) is 17.8 Å². The summed E-state index contributed by atoms with van der Waals surface area (Å²) in [5.41, 5.74) is 0. The van der Waals surface area contributed by atoms with Crippen LogP contribution >= 0.6 is 27.3 Å². The van der Waals surface area contributed by atoms with E-state index in [1.54, 1.807) is 11.3 Å². The first kappa shape index (κ1) is 12.7. The van der Waals surface area contributed by atoms with Gasteiger partial charge in [0.25, 0.3) is 0 Å². The van der Waals surface area contributed by atoms with E-state index in [9.17, 15) is 0 Å². The van der Waals surface area contributed by atoms with E-state index in [2.05, 4.69) is 38.3 Å². The summed E-state index contributed by atoms with van der Waals surface area (Å²) in [5.74, 6) is 1.35. The van der Waals surface area contributed by atoms with Crippen molar-refractivity contribution >= 4 is 27.3 Å². The SMILES string of the molecule is CCC(Cc1nc(-c2ccc(Br)s2)no1)NC. The Morgan fingerprint density at radius 1 is 1.53 bits per heavy atom. The third-order valence-corrected chi connectivity index (χ3v) is 4.20. The van der Waals surface area contributed by atoms with Crippen LogP contribution in [-0.4, -0.2) is 23.2 Å². The predicted octanol–water partition coefficient (Wildman–Crippen LogP) is 3.10. The van der Waals surface area contributed by atoms with Crippen molar-refractivity contribution in [3.05, 3.63) is 21.8 Å². The van der Waals surface area contributed by atoms with Crippen LogP contribution in [-0.2, 0) is 6.42 Å². The molecule has 2 rings (SSSR count). The van der Waals surface area contributed by atoms with Crippen molar-refractivity contribution in [2.24, 2.45) is 0 Å². The van der Waals surface area contributed by atoms with Crippen molar-refractivity contribution < 1.29 is 4.52 Å². The number of rotatable bonds is 5. The molecule has 0 amide bonds. The molecule has 0 aliphatic rings. The number of thiophene rings is 1. The highest BCUT2D eigenvalue weighted by Gasteiger charge is 2.13. The maximum Gasteiger partial charge on any atom is 0.228 e. The molecule has 1 N–H and O–H groups in total. The van der Waals surface area contributed by atoms with Gasteiger partial charge in [0.15, 0.2) is 0 Å². The zero-order valence-corrected chi connectivity index (χ0v) is 12.1. The molecule has 0 bridgehead atoms. The molecule has 0 saturated heterocycles. The monoisotopic (exact) mass is 315 g/mol. The van der Waals surface area contributed by atoms with Crippen LogP contribution in [0.5, 0.6) is 0 Å². The smallest absolute Gasteiger partial charge is 0.228 e. The minimum Gasteiger partial charge on any atom is -0.339 e. The number of halogens is 1. The second-order valence-electron chi connectivity index (χ2n) is 3.71. The Bertz CT molecular complexity index is 479. The van der Waals surface area contributed by atoms with Gasteiger partial charge >= 0.3 is 0 Å². The minimum atomic E-state index is 0.387. The third kappa shape index (κ3) is 3.14. The van der Waals surface area contributed by atoms with Crippen LogP contribution in [0.15, 0.2) is 20.4 Å². The summed E-state index contributed by atoms with van der Waals surface area (Å²) in [6, 6.07) is 4.36. The Labute approximate surface area is 113 Å². The average Bonchev–Trinajstić information content (AvgIpc) is 2.94. The van der Waals surface area contributed by atoms with Gasteiger partial charge < -0.3 is 9.84 Å². The minimum absolute atomic E-state index is 0.387. The van der Waals surface area contributed by atoms with Crippen LogP contribution in [0.25, 0.3) is 10.7 Å². The van der Waals surface area contributed by atoms with Crippen LogP contribution in [0, 0.1) is 0 Å². The molecule has 0 radical (unpaired) electrons. The lowest BCUT2D eigenvalue weighted by molar-refractivity contribution is 0.359. The molecule has 6 heteroatoms. The van der Waals surface area contributed by atoms with Gasteiger partial charge in [-0.15, -0.1) is 11.3 Å². The molecule has 0 saturated carbocycles. The van der Waals surface area contributed by atoms with Gasteiger partial charge in [-0.2, -0.15) is 4.98 Å². The number of nitrogens with zero attached hydrogens (tertiary/aromatic N) is 2. The van der Waals surface area contributed by atoms with Gasteiger partial charge in [0.2, 0.25) is 11.7 Å². The molecule has 2 aromatic rings. The molecule has 4 nitrogen and oxygen atoms in total. The fraction of sp³-hybridized carbons (Fsp3) is 0.455. The Balaban J connectivity index is 2.10. The lowest BCUT2D eigenvalue weighted by Crippen LogP contribution is -2.26. The summed E-state index contributed by atoms with van der Waals surface area (Å²) in [5, 5.41) is 7.22. The summed E-state index contributed by atoms with van der Waals surface area (Å²) >= 11 is 5.02. The molecule has 0 fully saturated rings. The maximum atomic E-state index is 5.25. The highest BCUT2D eigenvalue weighted by atomic mass is 79.9. The zero-order valence-electron chi connectivity index (χ0n) is 9.74. The van der Waals surface area contributed by atoms with Crippen molar-refractivity contribution in [3.63, 3.8) is 0 Å². The molecule has 2 aromatic heterocycles. The first-order valence-electron chi connectivity index (χ1n) is 5.48. The molecule has 17 heavy (non-hydrogen) atoms. The normalized spacial score (nSPS) is 12.9. The Kier molecular flexibility index (Phi) is 4.31. The van der Waals surface area contributed by atoms with Crippen LogP contribution in [0.2, 0.25) is 0 Å². The average molecular weight is 316 g/mol. The van der Waals surface area contributed by atoms with Gasteiger partial charge in [-0.3, -0.25) is 0 Å². The van der Waals surface area contributed by atoms with Crippen LogP contribution in [0.3, 0.4) is 0 Å². The lowest BCUT2D eigenvalue weighted by atomic mass is 10.1. The quantitative estimate of drug-likeness (QED) is 0.921. The third-order valence-electron chi connectivity index (χ3n) is 2.58. The van der Waals surface area contributed by atoms with E-state index >= 15 is 0 Å². The fourth-order valence-corrected chi connectivity index (χ4v) is 2.85. The fourth-order valence-electron chi connectivity index (χ4n) is 1.53. The second-order valence-corrected chi connectivity index (χ2v) is 6.18. The highest BCUT2D eigenvalue weighted by molar-refractivity contribution is 9.11. The number of hydrogen-bond donors (Lipinski definition) is 1. The second kappa shape index (κ2) is 5.75. The van der Waals surface area contributed by atoms with E-state index in [-0.39, 0.29) is 0 Å². The molecule has 1 unspecified atom stereocenters. The zero-order chi connectivity index (χ0) is 12.3. The maximum absolute atomic E-state index is 5.25. The van der Waals surface area contributed by atoms with E-state index in [1.165, 1.54) is 0 Å². The van der Waals surface area contributed by atoms with Gasteiger partial charge in [-0.05, 0) is 41.5 Å². The molecule has 1 atom stereocenters. The van der Waals surface area contributed by atoms with E-state index in [1.807, 2.05) is 19.2 Å². The van der Waals surface area contributed by atoms with E-state index < -0.39 is 0 Å². The first-order valence-corrected chi connectivity index (χ1v) is 7.09. The summed E-state index contributed by atoms with van der Waals surface area (Å²) in [7, 11) is 1.95. The Hall–Kier alpha value is -0.720. The van der Waals surface area contributed by atoms with Crippen LogP contribution in [0.4, 0.5) is 0 Å². The summed E-state index contributed by atoms with van der Waals surface area (Å²) in [4.78, 5) is 5.42. The first-order chi connectivity index (χ1) is 8.22. The van der Waals surface area contributed by atoms with Crippen molar-refractivity contribution in [3.8, 4) is 10.7 Å². The topological polar surface area (TPSA) is 51.0 Å². The predicted molar refractivity (Wildman–Crippen MR) is 72.2 cm³/mol. The standard InChI is InChI=1S/C11H14BrN3OS/c1-3-7(13-2)6-10-14-11(15-16-10)8-4-5-9(12)17-8/h4-5,7,13H,3,6H2,1-2H3. The van der Waals surface area contributed by atoms with Crippen molar-refractivity contribution in [2.45, 2.75) is 25.8 Å². The number of nitrogens with one attached hydrogen (secondary N) is 1. The molecule has 0 aliphatic heterocycles. The molecular weight excluding hydrogens is 302 g/mol.